The molecule has 0 fully saturated rings. The van der Waals surface area contributed by atoms with Crippen LogP contribution in [0.25, 0.3) is 11.8 Å². The number of carbonyl (C=O) groups is 1. The molecule has 1 atom stereocenters. The van der Waals surface area contributed by atoms with Crippen molar-refractivity contribution >= 4 is 60.9 Å². The first kappa shape index (κ1) is 27.2. The second kappa shape index (κ2) is 11.4. The lowest BCUT2D eigenvalue weighted by molar-refractivity contribution is -0.138. The second-order valence-electron chi connectivity index (χ2n) is 8.49. The third kappa shape index (κ3) is 5.28. The van der Waals surface area contributed by atoms with E-state index in [1.165, 1.54) is 28.0 Å². The van der Waals surface area contributed by atoms with E-state index in [0.29, 0.717) is 37.5 Å². The molecule has 2 heterocycles. The Bertz CT molecular complexity index is 1780. The molecule has 0 bridgehead atoms. The van der Waals surface area contributed by atoms with Crippen LogP contribution in [0.2, 0.25) is 0 Å². The van der Waals surface area contributed by atoms with Crippen LogP contribution in [0.1, 0.15) is 29.7 Å². The van der Waals surface area contributed by atoms with Gasteiger partial charge in [-0.15, -0.1) is 0 Å². The fraction of sp³-hybridized carbons (Fsp3) is 0.138. The molecule has 0 saturated heterocycles. The number of fused-ring (bicyclic) bond motifs is 1. The van der Waals surface area contributed by atoms with Crippen LogP contribution in [0.15, 0.2) is 91.0 Å². The molecule has 0 amide bonds. The van der Waals surface area contributed by atoms with E-state index in [2.05, 4.69) is 31.9 Å². The molecule has 0 unspecified atom stereocenters. The van der Waals surface area contributed by atoms with Crippen molar-refractivity contribution in [2.75, 3.05) is 13.7 Å². The highest BCUT2D eigenvalue weighted by Crippen LogP contribution is 2.36. The fourth-order valence-electron chi connectivity index (χ4n) is 4.44. The van der Waals surface area contributed by atoms with Gasteiger partial charge in [0.2, 0.25) is 0 Å². The number of hydrogen-bond donors (Lipinski definition) is 0. The van der Waals surface area contributed by atoms with Gasteiger partial charge in [-0.3, -0.25) is 9.36 Å². The van der Waals surface area contributed by atoms with Gasteiger partial charge in [0.05, 0.1) is 40.0 Å². The summed E-state index contributed by atoms with van der Waals surface area (Å²) in [6.07, 6.45) is 1.73. The summed E-state index contributed by atoms with van der Waals surface area (Å²) in [5.41, 5.74) is 2.19. The van der Waals surface area contributed by atoms with Gasteiger partial charge in [0.1, 0.15) is 11.6 Å². The van der Waals surface area contributed by atoms with E-state index in [1.807, 2.05) is 42.5 Å². The van der Waals surface area contributed by atoms with Crippen LogP contribution in [0.3, 0.4) is 0 Å². The van der Waals surface area contributed by atoms with E-state index in [-0.39, 0.29) is 17.7 Å². The Labute approximate surface area is 244 Å². The minimum Gasteiger partial charge on any atom is -0.495 e. The van der Waals surface area contributed by atoms with E-state index in [4.69, 9.17) is 14.5 Å². The van der Waals surface area contributed by atoms with Gasteiger partial charge in [-0.2, -0.15) is 0 Å². The summed E-state index contributed by atoms with van der Waals surface area (Å²) >= 11 is 8.19. The lowest BCUT2D eigenvalue weighted by Crippen LogP contribution is -2.40. The third-order valence-corrected chi connectivity index (χ3v) is 8.12. The average molecular weight is 672 g/mol. The molecule has 0 saturated carbocycles. The van der Waals surface area contributed by atoms with Gasteiger partial charge in [-0.05, 0) is 58.8 Å². The topological polar surface area (TPSA) is 69.9 Å². The summed E-state index contributed by atoms with van der Waals surface area (Å²) < 4.78 is 28.3. The minimum absolute atomic E-state index is 0.141. The van der Waals surface area contributed by atoms with Crippen molar-refractivity contribution < 1.29 is 18.7 Å². The van der Waals surface area contributed by atoms with Gasteiger partial charge in [0.15, 0.2) is 4.80 Å². The molecule has 10 heteroatoms. The first-order chi connectivity index (χ1) is 18.8. The number of esters is 1. The summed E-state index contributed by atoms with van der Waals surface area (Å²) in [5.74, 6) is -0.457. The smallest absolute Gasteiger partial charge is 0.338 e. The average Bonchev–Trinajstić information content (AvgIpc) is 3.23. The molecular weight excluding hydrogens is 651 g/mol. The monoisotopic (exact) mass is 670 g/mol. The Hall–Kier alpha value is -3.34. The van der Waals surface area contributed by atoms with Gasteiger partial charge in [-0.25, -0.2) is 14.2 Å². The standard InChI is InChI=1S/C29H21Br2FN2O4S/c1-3-38-28(36)23-24(16-7-5-4-6-8-16)33-29-34(25(23)17-9-11-20(32)12-10-17)27(35)22(39-29)14-18-13-19(30)15-21(31)26(18)37-2/h4-15,25H,3H2,1-2H3/b22-14-/t25-/m0/s1. The molecule has 4 aromatic rings. The maximum Gasteiger partial charge on any atom is 0.338 e. The molecule has 0 radical (unpaired) electrons. The maximum atomic E-state index is 14.0. The molecule has 0 aliphatic carbocycles. The highest BCUT2D eigenvalue weighted by Gasteiger charge is 2.35. The van der Waals surface area contributed by atoms with Crippen LogP contribution in [0.4, 0.5) is 4.39 Å². The lowest BCUT2D eigenvalue weighted by Gasteiger charge is -2.25. The van der Waals surface area contributed by atoms with E-state index in [9.17, 15) is 14.0 Å². The molecule has 5 rings (SSSR count). The van der Waals surface area contributed by atoms with Gasteiger partial charge < -0.3 is 9.47 Å². The third-order valence-electron chi connectivity index (χ3n) is 6.09. The number of carbonyl (C=O) groups excluding carboxylic acids is 1. The Balaban J connectivity index is 1.84. The summed E-state index contributed by atoms with van der Waals surface area (Å²) in [7, 11) is 1.55. The number of thiazole rings is 1. The van der Waals surface area contributed by atoms with Gasteiger partial charge >= 0.3 is 5.97 Å². The van der Waals surface area contributed by atoms with Crippen LogP contribution in [-0.2, 0) is 9.53 Å². The molecule has 1 aliphatic rings. The number of nitrogens with zero attached hydrogens (tertiary/aromatic N) is 2. The lowest BCUT2D eigenvalue weighted by atomic mass is 9.93. The van der Waals surface area contributed by atoms with Crippen LogP contribution < -0.4 is 19.6 Å². The van der Waals surface area contributed by atoms with Crippen molar-refractivity contribution in [3.8, 4) is 5.75 Å². The Morgan fingerprint density at radius 1 is 1.13 bits per heavy atom. The molecule has 1 aliphatic heterocycles. The molecule has 0 spiro atoms. The molecule has 0 N–H and O–H groups in total. The SMILES string of the molecule is CCOC(=O)C1=C(c2ccccc2)N=c2s/c(=C\c3cc(Br)cc(Br)c3OC)c(=O)n2[C@H]1c1ccc(F)cc1. The van der Waals surface area contributed by atoms with Crippen LogP contribution in [0.5, 0.6) is 5.75 Å². The fourth-order valence-corrected chi connectivity index (χ4v) is 6.86. The molecule has 3 aromatic carbocycles. The number of benzene rings is 3. The zero-order valence-electron chi connectivity index (χ0n) is 20.8. The van der Waals surface area contributed by atoms with Crippen molar-refractivity contribution in [3.05, 3.63) is 123 Å². The predicted octanol–water partition coefficient (Wildman–Crippen LogP) is 5.61. The second-order valence-corrected chi connectivity index (χ2v) is 11.3. The first-order valence-corrected chi connectivity index (χ1v) is 14.3. The summed E-state index contributed by atoms with van der Waals surface area (Å²) in [6, 6.07) is 17.8. The number of hydrogen-bond acceptors (Lipinski definition) is 6. The summed E-state index contributed by atoms with van der Waals surface area (Å²) in [4.78, 5) is 32.6. The van der Waals surface area contributed by atoms with E-state index in [1.54, 1.807) is 32.2 Å². The Kier molecular flexibility index (Phi) is 7.97. The summed E-state index contributed by atoms with van der Waals surface area (Å²) in [6.45, 7) is 1.86. The van der Waals surface area contributed by atoms with Crippen molar-refractivity contribution in [1.82, 2.24) is 4.57 Å². The quantitative estimate of drug-likeness (QED) is 0.250. The van der Waals surface area contributed by atoms with E-state index >= 15 is 0 Å². The van der Waals surface area contributed by atoms with Crippen molar-refractivity contribution in [2.45, 2.75) is 13.0 Å². The van der Waals surface area contributed by atoms with Gasteiger partial charge in [0.25, 0.3) is 5.56 Å². The normalized spacial score (nSPS) is 15.1. The number of halogens is 3. The number of methoxy groups -OCH3 is 1. The van der Waals surface area contributed by atoms with E-state index < -0.39 is 17.8 Å². The van der Waals surface area contributed by atoms with Crippen LogP contribution in [0, 0.1) is 5.82 Å². The zero-order chi connectivity index (χ0) is 27.7. The maximum absolute atomic E-state index is 14.0. The highest BCUT2D eigenvalue weighted by atomic mass is 79.9. The zero-order valence-corrected chi connectivity index (χ0v) is 24.8. The number of rotatable bonds is 6. The Morgan fingerprint density at radius 2 is 1.85 bits per heavy atom. The first-order valence-electron chi connectivity index (χ1n) is 11.9. The summed E-state index contributed by atoms with van der Waals surface area (Å²) in [5, 5.41) is 0. The predicted molar refractivity (Wildman–Crippen MR) is 156 cm³/mol. The van der Waals surface area contributed by atoms with Crippen LogP contribution in [-0.4, -0.2) is 24.3 Å². The number of ether oxygens (including phenoxy) is 2. The van der Waals surface area contributed by atoms with E-state index in [0.717, 1.165) is 8.95 Å². The molecule has 6 nitrogen and oxygen atoms in total. The molecular formula is C29H21Br2FN2O4S. The van der Waals surface area contributed by atoms with Gasteiger partial charge in [0, 0.05) is 15.6 Å². The minimum atomic E-state index is -0.880. The van der Waals surface area contributed by atoms with Crippen molar-refractivity contribution in [3.63, 3.8) is 0 Å². The number of aromatic nitrogens is 1. The highest BCUT2D eigenvalue weighted by molar-refractivity contribution is 9.11. The molecule has 198 valence electrons. The van der Waals surface area contributed by atoms with Gasteiger partial charge in [-0.1, -0.05) is 69.7 Å². The molecule has 1 aromatic heterocycles. The van der Waals surface area contributed by atoms with Crippen molar-refractivity contribution in [1.29, 1.82) is 0 Å². The largest absolute Gasteiger partial charge is 0.495 e. The Morgan fingerprint density at radius 3 is 2.51 bits per heavy atom. The van der Waals surface area contributed by atoms with Crippen LogP contribution >= 0.6 is 43.2 Å². The van der Waals surface area contributed by atoms with Crippen molar-refractivity contribution in [2.24, 2.45) is 4.99 Å². The molecule has 39 heavy (non-hydrogen) atoms.